The van der Waals surface area contributed by atoms with Crippen LogP contribution < -0.4 is 5.32 Å². The average Bonchev–Trinajstić information content (AvgIpc) is 3.12. The van der Waals surface area contributed by atoms with Crippen molar-refractivity contribution in [3.63, 3.8) is 0 Å². The second-order valence-corrected chi connectivity index (χ2v) is 8.41. The van der Waals surface area contributed by atoms with Crippen molar-refractivity contribution in [3.05, 3.63) is 59.5 Å². The molecule has 1 atom stereocenters. The Balaban J connectivity index is 1.46. The van der Waals surface area contributed by atoms with E-state index in [9.17, 15) is 0 Å². The van der Waals surface area contributed by atoms with Gasteiger partial charge in [-0.2, -0.15) is 0 Å². The first-order valence-electron chi connectivity index (χ1n) is 9.63. The lowest BCUT2D eigenvalue weighted by atomic mass is 9.88. The first-order valence-corrected chi connectivity index (χ1v) is 10.4. The third-order valence-corrected chi connectivity index (χ3v) is 6.32. The Morgan fingerprint density at radius 1 is 1.11 bits per heavy atom. The zero-order chi connectivity index (χ0) is 19.1. The van der Waals surface area contributed by atoms with Gasteiger partial charge in [0.2, 0.25) is 0 Å². The van der Waals surface area contributed by atoms with Crippen molar-refractivity contribution in [2.75, 3.05) is 5.32 Å². The van der Waals surface area contributed by atoms with Crippen LogP contribution in [0.4, 0.5) is 11.6 Å². The Labute approximate surface area is 167 Å². The van der Waals surface area contributed by atoms with E-state index in [0.717, 1.165) is 44.5 Å². The average molecular weight is 388 g/mol. The zero-order valence-corrected chi connectivity index (χ0v) is 16.8. The minimum atomic E-state index is 0.517. The highest BCUT2D eigenvalue weighted by Crippen LogP contribution is 2.33. The van der Waals surface area contributed by atoms with Gasteiger partial charge < -0.3 is 5.32 Å². The molecule has 1 aliphatic rings. The standard InChI is InChI=1S/C22H21N5S/c1-13-5-3-7-15-8-9-18(27-20(13)15)26-19-11-16-17(12-24-19)28-22(25-16)21-14(2)6-4-10-23-21/h4,6,8-13H,3,5,7H2,1-2H3,(H,24,26,27)/t13-/m1/s1. The summed E-state index contributed by atoms with van der Waals surface area (Å²) in [4.78, 5) is 18.7. The van der Waals surface area contributed by atoms with Crippen molar-refractivity contribution < 1.29 is 0 Å². The number of rotatable bonds is 3. The number of hydrogen-bond donors (Lipinski definition) is 1. The van der Waals surface area contributed by atoms with Gasteiger partial charge in [-0.3, -0.25) is 4.98 Å². The van der Waals surface area contributed by atoms with Gasteiger partial charge in [0.15, 0.2) is 0 Å². The minimum absolute atomic E-state index is 0.517. The summed E-state index contributed by atoms with van der Waals surface area (Å²) in [6.07, 6.45) is 7.27. The third-order valence-electron chi connectivity index (χ3n) is 5.31. The van der Waals surface area contributed by atoms with Crippen molar-refractivity contribution in [2.45, 2.75) is 39.0 Å². The SMILES string of the molecule is Cc1cccnc1-c1nc2cc(Nc3ccc4c(n3)[C@H](C)CCC4)ncc2s1. The van der Waals surface area contributed by atoms with Crippen LogP contribution in [0.25, 0.3) is 20.9 Å². The van der Waals surface area contributed by atoms with E-state index in [-0.39, 0.29) is 0 Å². The molecule has 0 aliphatic heterocycles. The number of anilines is 2. The van der Waals surface area contributed by atoms with Gasteiger partial charge in [-0.25, -0.2) is 15.0 Å². The maximum absolute atomic E-state index is 4.86. The van der Waals surface area contributed by atoms with Crippen molar-refractivity contribution in [2.24, 2.45) is 0 Å². The van der Waals surface area contributed by atoms with Gasteiger partial charge in [0.25, 0.3) is 0 Å². The Morgan fingerprint density at radius 2 is 2.04 bits per heavy atom. The van der Waals surface area contributed by atoms with E-state index >= 15 is 0 Å². The monoisotopic (exact) mass is 387 g/mol. The van der Waals surface area contributed by atoms with Crippen LogP contribution in [-0.2, 0) is 6.42 Å². The zero-order valence-electron chi connectivity index (χ0n) is 15.9. The molecule has 0 radical (unpaired) electrons. The smallest absolute Gasteiger partial charge is 0.143 e. The molecule has 1 N–H and O–H groups in total. The number of aromatic nitrogens is 4. The van der Waals surface area contributed by atoms with Crippen LogP contribution in [0.15, 0.2) is 42.7 Å². The molecule has 0 saturated heterocycles. The van der Waals surface area contributed by atoms with Gasteiger partial charge in [-0.15, -0.1) is 11.3 Å². The highest BCUT2D eigenvalue weighted by atomic mass is 32.1. The van der Waals surface area contributed by atoms with Gasteiger partial charge in [0.05, 0.1) is 10.2 Å². The number of thiazole rings is 1. The molecule has 5 rings (SSSR count). The number of nitrogens with one attached hydrogen (secondary N) is 1. The summed E-state index contributed by atoms with van der Waals surface area (Å²) in [5.74, 6) is 2.12. The fourth-order valence-electron chi connectivity index (χ4n) is 3.79. The van der Waals surface area contributed by atoms with Crippen molar-refractivity contribution in [3.8, 4) is 10.7 Å². The van der Waals surface area contributed by atoms with Crippen LogP contribution in [0.1, 0.15) is 42.5 Å². The third kappa shape index (κ3) is 3.14. The molecule has 6 heteroatoms. The summed E-state index contributed by atoms with van der Waals surface area (Å²) >= 11 is 1.62. The second kappa shape index (κ2) is 6.95. The van der Waals surface area contributed by atoms with E-state index in [1.54, 1.807) is 11.3 Å². The number of pyridine rings is 3. The lowest BCUT2D eigenvalue weighted by Crippen LogP contribution is -2.10. The summed E-state index contributed by atoms with van der Waals surface area (Å²) in [5.41, 5.74) is 5.58. The molecule has 28 heavy (non-hydrogen) atoms. The quantitative estimate of drug-likeness (QED) is 0.493. The maximum Gasteiger partial charge on any atom is 0.143 e. The predicted molar refractivity (Wildman–Crippen MR) is 114 cm³/mol. The Kier molecular flexibility index (Phi) is 4.28. The number of hydrogen-bond acceptors (Lipinski definition) is 6. The molecule has 1 aliphatic carbocycles. The number of nitrogens with zero attached hydrogens (tertiary/aromatic N) is 4. The van der Waals surface area contributed by atoms with E-state index in [1.807, 2.05) is 30.6 Å². The van der Waals surface area contributed by atoms with Gasteiger partial charge in [0.1, 0.15) is 22.3 Å². The fourth-order valence-corrected chi connectivity index (χ4v) is 4.77. The van der Waals surface area contributed by atoms with E-state index in [2.05, 4.69) is 41.3 Å². The molecule has 0 spiro atoms. The first kappa shape index (κ1) is 17.3. The summed E-state index contributed by atoms with van der Waals surface area (Å²) < 4.78 is 1.05. The summed E-state index contributed by atoms with van der Waals surface area (Å²) in [6.45, 7) is 4.32. The lowest BCUT2D eigenvalue weighted by Gasteiger charge is -2.21. The van der Waals surface area contributed by atoms with Crippen LogP contribution in [0, 0.1) is 6.92 Å². The Morgan fingerprint density at radius 3 is 2.93 bits per heavy atom. The minimum Gasteiger partial charge on any atom is -0.325 e. The molecule has 140 valence electrons. The summed E-state index contributed by atoms with van der Waals surface area (Å²) in [5, 5.41) is 4.28. The molecule has 4 aromatic heterocycles. The Bertz CT molecular complexity index is 1170. The number of aryl methyl sites for hydroxylation is 2. The molecule has 0 amide bonds. The van der Waals surface area contributed by atoms with E-state index in [4.69, 9.17) is 9.97 Å². The molecule has 0 saturated carbocycles. The molecule has 4 heterocycles. The highest BCUT2D eigenvalue weighted by Gasteiger charge is 2.18. The molecule has 4 aromatic rings. The predicted octanol–water partition coefficient (Wildman–Crippen LogP) is 5.64. The number of fused-ring (bicyclic) bond motifs is 2. The van der Waals surface area contributed by atoms with Gasteiger partial charge in [-0.1, -0.05) is 19.1 Å². The summed E-state index contributed by atoms with van der Waals surface area (Å²) in [7, 11) is 0. The lowest BCUT2D eigenvalue weighted by molar-refractivity contribution is 0.574. The van der Waals surface area contributed by atoms with E-state index in [0.29, 0.717) is 5.92 Å². The van der Waals surface area contributed by atoms with Crippen molar-refractivity contribution in [1.82, 2.24) is 19.9 Å². The van der Waals surface area contributed by atoms with E-state index < -0.39 is 0 Å². The largest absolute Gasteiger partial charge is 0.325 e. The molecular formula is C22H21N5S. The van der Waals surface area contributed by atoms with Crippen LogP contribution in [0.3, 0.4) is 0 Å². The van der Waals surface area contributed by atoms with Crippen LogP contribution in [0.5, 0.6) is 0 Å². The topological polar surface area (TPSA) is 63.6 Å². The van der Waals surface area contributed by atoms with E-state index in [1.165, 1.54) is 24.1 Å². The Hall–Kier alpha value is -2.86. The summed E-state index contributed by atoms with van der Waals surface area (Å²) in [6, 6.07) is 10.2. The van der Waals surface area contributed by atoms with Crippen LogP contribution >= 0.6 is 11.3 Å². The molecule has 0 fully saturated rings. The molecule has 0 aromatic carbocycles. The van der Waals surface area contributed by atoms with Crippen LogP contribution in [-0.4, -0.2) is 19.9 Å². The van der Waals surface area contributed by atoms with Crippen molar-refractivity contribution in [1.29, 1.82) is 0 Å². The molecule has 0 unspecified atom stereocenters. The highest BCUT2D eigenvalue weighted by molar-refractivity contribution is 7.21. The molecule has 5 nitrogen and oxygen atoms in total. The van der Waals surface area contributed by atoms with Gasteiger partial charge >= 0.3 is 0 Å². The maximum atomic E-state index is 4.86. The first-order chi connectivity index (χ1) is 13.7. The molecule has 0 bridgehead atoms. The molecular weight excluding hydrogens is 366 g/mol. The van der Waals surface area contributed by atoms with Crippen LogP contribution in [0.2, 0.25) is 0 Å². The fraction of sp³-hybridized carbons (Fsp3) is 0.273. The van der Waals surface area contributed by atoms with Crippen molar-refractivity contribution >= 4 is 33.2 Å². The van der Waals surface area contributed by atoms with Gasteiger partial charge in [0, 0.05) is 24.2 Å². The van der Waals surface area contributed by atoms with Gasteiger partial charge in [-0.05, 0) is 55.4 Å². The second-order valence-electron chi connectivity index (χ2n) is 7.38. The normalized spacial score (nSPS) is 16.1.